The molecule has 134 valence electrons. The Morgan fingerprint density at radius 1 is 1.24 bits per heavy atom. The van der Waals surface area contributed by atoms with Crippen molar-refractivity contribution in [3.63, 3.8) is 0 Å². The highest BCUT2D eigenvalue weighted by atomic mass is 16.2. The first-order chi connectivity index (χ1) is 11.9. The van der Waals surface area contributed by atoms with Gasteiger partial charge in [-0.1, -0.05) is 36.8 Å². The first-order valence-corrected chi connectivity index (χ1v) is 8.86. The Morgan fingerprint density at radius 3 is 2.52 bits per heavy atom. The molecule has 2 aliphatic rings. The summed E-state index contributed by atoms with van der Waals surface area (Å²) in [5.74, 6) is -0.0117. The Bertz CT molecular complexity index is 676. The molecule has 1 aliphatic heterocycles. The number of nitrogens with zero attached hydrogens (tertiary/aromatic N) is 1. The molecule has 3 rings (SSSR count). The molecule has 25 heavy (non-hydrogen) atoms. The van der Waals surface area contributed by atoms with Gasteiger partial charge in [-0.25, -0.2) is 4.79 Å². The second-order valence-corrected chi connectivity index (χ2v) is 7.35. The van der Waals surface area contributed by atoms with Gasteiger partial charge in [-0.3, -0.25) is 14.5 Å². The molecule has 4 amide bonds. The number of amides is 4. The number of benzene rings is 1. The van der Waals surface area contributed by atoms with Crippen LogP contribution in [0.5, 0.6) is 0 Å². The third-order valence-electron chi connectivity index (χ3n) is 5.29. The molecule has 0 radical (unpaired) electrons. The van der Waals surface area contributed by atoms with E-state index in [0.29, 0.717) is 25.3 Å². The van der Waals surface area contributed by atoms with Gasteiger partial charge in [0.05, 0.1) is 0 Å². The highest BCUT2D eigenvalue weighted by Crippen LogP contribution is 2.36. The highest BCUT2D eigenvalue weighted by molar-refractivity contribution is 6.09. The molecule has 1 aliphatic carbocycles. The van der Waals surface area contributed by atoms with Crippen LogP contribution in [-0.4, -0.2) is 34.8 Å². The molecular weight excluding hydrogens is 318 g/mol. The lowest BCUT2D eigenvalue weighted by molar-refractivity contribution is -0.136. The van der Waals surface area contributed by atoms with Gasteiger partial charge in [0.15, 0.2) is 0 Å². The largest absolute Gasteiger partial charge is 0.350 e. The maximum absolute atomic E-state index is 12.7. The van der Waals surface area contributed by atoms with Crippen LogP contribution in [0.25, 0.3) is 0 Å². The predicted molar refractivity (Wildman–Crippen MR) is 93.6 cm³/mol. The van der Waals surface area contributed by atoms with Crippen molar-refractivity contribution in [1.82, 2.24) is 15.5 Å². The zero-order valence-corrected chi connectivity index (χ0v) is 14.8. The van der Waals surface area contributed by atoms with Gasteiger partial charge in [0, 0.05) is 6.54 Å². The molecule has 0 aromatic heterocycles. The third-order valence-corrected chi connectivity index (χ3v) is 5.29. The molecule has 1 saturated heterocycles. The molecule has 1 aromatic carbocycles. The van der Waals surface area contributed by atoms with Crippen LogP contribution in [0.1, 0.15) is 43.7 Å². The van der Waals surface area contributed by atoms with Gasteiger partial charge in [0.2, 0.25) is 5.91 Å². The molecule has 0 atom stereocenters. The average molecular weight is 343 g/mol. The van der Waals surface area contributed by atoms with E-state index in [1.165, 1.54) is 0 Å². The van der Waals surface area contributed by atoms with Crippen LogP contribution in [0.3, 0.4) is 0 Å². The number of hydrogen-bond acceptors (Lipinski definition) is 3. The lowest BCUT2D eigenvalue weighted by Crippen LogP contribution is -2.49. The maximum Gasteiger partial charge on any atom is 0.325 e. The molecular formula is C19H25N3O3. The molecule has 6 heteroatoms. The Hall–Kier alpha value is -2.37. The van der Waals surface area contributed by atoms with E-state index in [2.05, 4.69) is 17.6 Å². The van der Waals surface area contributed by atoms with Crippen molar-refractivity contribution < 1.29 is 14.4 Å². The summed E-state index contributed by atoms with van der Waals surface area (Å²) in [6.07, 6.45) is 3.14. The summed E-state index contributed by atoms with van der Waals surface area (Å²) in [5.41, 5.74) is 1.34. The van der Waals surface area contributed by atoms with Gasteiger partial charge in [-0.05, 0) is 44.1 Å². The maximum atomic E-state index is 12.7. The van der Waals surface area contributed by atoms with Crippen molar-refractivity contribution in [1.29, 1.82) is 0 Å². The molecule has 2 N–H and O–H groups in total. The number of carbonyl (C=O) groups excluding carboxylic acids is 3. The average Bonchev–Trinajstić information content (AvgIpc) is 2.82. The summed E-state index contributed by atoms with van der Waals surface area (Å²) in [4.78, 5) is 38.1. The monoisotopic (exact) mass is 343 g/mol. The highest BCUT2D eigenvalue weighted by Gasteiger charge is 2.52. The molecule has 1 spiro atoms. The molecule has 1 aromatic rings. The van der Waals surface area contributed by atoms with Gasteiger partial charge in [0.25, 0.3) is 5.91 Å². The molecule has 0 bridgehead atoms. The summed E-state index contributed by atoms with van der Waals surface area (Å²) in [7, 11) is 0. The molecule has 1 heterocycles. The van der Waals surface area contributed by atoms with E-state index in [1.54, 1.807) is 0 Å². The zero-order chi connectivity index (χ0) is 18.0. The normalized spacial score (nSPS) is 26.0. The first-order valence-electron chi connectivity index (χ1n) is 8.86. The Kier molecular flexibility index (Phi) is 4.79. The van der Waals surface area contributed by atoms with E-state index in [4.69, 9.17) is 0 Å². The van der Waals surface area contributed by atoms with Crippen LogP contribution in [0.4, 0.5) is 4.79 Å². The fourth-order valence-corrected chi connectivity index (χ4v) is 3.52. The van der Waals surface area contributed by atoms with Crippen LogP contribution in [0, 0.1) is 12.8 Å². The van der Waals surface area contributed by atoms with Crippen LogP contribution >= 0.6 is 0 Å². The topological polar surface area (TPSA) is 78.5 Å². The number of nitrogens with one attached hydrogen (secondary N) is 2. The molecule has 6 nitrogen and oxygen atoms in total. The van der Waals surface area contributed by atoms with Gasteiger partial charge in [-0.2, -0.15) is 0 Å². The van der Waals surface area contributed by atoms with Crippen LogP contribution < -0.4 is 10.6 Å². The second kappa shape index (κ2) is 6.86. The van der Waals surface area contributed by atoms with Crippen LogP contribution in [0.15, 0.2) is 24.3 Å². The van der Waals surface area contributed by atoms with Crippen molar-refractivity contribution in [3.8, 4) is 0 Å². The quantitative estimate of drug-likeness (QED) is 0.822. The minimum Gasteiger partial charge on any atom is -0.350 e. The van der Waals surface area contributed by atoms with Gasteiger partial charge in [0.1, 0.15) is 12.1 Å². The number of aryl methyl sites for hydroxylation is 1. The van der Waals surface area contributed by atoms with Crippen molar-refractivity contribution in [2.24, 2.45) is 5.92 Å². The molecule has 2 fully saturated rings. The summed E-state index contributed by atoms with van der Waals surface area (Å²) in [6, 6.07) is 7.40. The summed E-state index contributed by atoms with van der Waals surface area (Å²) in [6.45, 7) is 4.31. The van der Waals surface area contributed by atoms with E-state index in [1.807, 2.05) is 31.2 Å². The second-order valence-electron chi connectivity index (χ2n) is 7.35. The number of hydrogen-bond donors (Lipinski definition) is 2. The zero-order valence-electron chi connectivity index (χ0n) is 14.8. The fourth-order valence-electron chi connectivity index (χ4n) is 3.52. The van der Waals surface area contributed by atoms with E-state index < -0.39 is 11.6 Å². The number of imide groups is 1. The predicted octanol–water partition coefficient (Wildman–Crippen LogP) is 2.11. The van der Waals surface area contributed by atoms with E-state index in [0.717, 1.165) is 28.9 Å². The Morgan fingerprint density at radius 2 is 1.88 bits per heavy atom. The van der Waals surface area contributed by atoms with Gasteiger partial charge >= 0.3 is 6.03 Å². The number of carbonyl (C=O) groups is 3. The third kappa shape index (κ3) is 3.67. The summed E-state index contributed by atoms with van der Waals surface area (Å²) in [5, 5.41) is 5.60. The van der Waals surface area contributed by atoms with Crippen LogP contribution in [0.2, 0.25) is 0 Å². The van der Waals surface area contributed by atoms with E-state index in [9.17, 15) is 14.4 Å². The van der Waals surface area contributed by atoms with Crippen molar-refractivity contribution >= 4 is 17.8 Å². The first kappa shape index (κ1) is 17.5. The molecule has 0 unspecified atom stereocenters. The van der Waals surface area contributed by atoms with Crippen molar-refractivity contribution in [2.75, 3.05) is 6.54 Å². The van der Waals surface area contributed by atoms with Gasteiger partial charge < -0.3 is 10.6 Å². The minimum atomic E-state index is -0.791. The number of rotatable bonds is 4. The minimum absolute atomic E-state index is 0.228. The van der Waals surface area contributed by atoms with Crippen molar-refractivity contribution in [2.45, 2.75) is 51.6 Å². The lowest BCUT2D eigenvalue weighted by atomic mass is 9.77. The Labute approximate surface area is 148 Å². The summed E-state index contributed by atoms with van der Waals surface area (Å²) < 4.78 is 0. The Balaban J connectivity index is 1.56. The SMILES string of the molecule is Cc1ccc(CNC(=O)CN2C(=O)NC3(CCC(C)CC3)C2=O)cc1. The van der Waals surface area contributed by atoms with Gasteiger partial charge in [-0.15, -0.1) is 0 Å². The lowest BCUT2D eigenvalue weighted by Gasteiger charge is -2.33. The smallest absolute Gasteiger partial charge is 0.325 e. The van der Waals surface area contributed by atoms with Crippen LogP contribution in [-0.2, 0) is 16.1 Å². The standard InChI is InChI=1S/C19H25N3O3/c1-13-3-5-15(6-4-13)11-20-16(23)12-22-17(24)19(21-18(22)25)9-7-14(2)8-10-19/h3-6,14H,7-12H2,1-2H3,(H,20,23)(H,21,25). The van der Waals surface area contributed by atoms with E-state index in [-0.39, 0.29) is 18.4 Å². The number of urea groups is 1. The molecule has 1 saturated carbocycles. The fraction of sp³-hybridized carbons (Fsp3) is 0.526. The van der Waals surface area contributed by atoms with E-state index >= 15 is 0 Å². The van der Waals surface area contributed by atoms with Crippen molar-refractivity contribution in [3.05, 3.63) is 35.4 Å². The summed E-state index contributed by atoms with van der Waals surface area (Å²) >= 11 is 0.